The summed E-state index contributed by atoms with van der Waals surface area (Å²) >= 11 is 0. The van der Waals surface area contributed by atoms with Crippen LogP contribution in [0.4, 0.5) is 0 Å². The van der Waals surface area contributed by atoms with E-state index in [1.807, 2.05) is 23.9 Å². The molecule has 3 aromatic rings. The molecule has 9 nitrogen and oxygen atoms in total. The highest BCUT2D eigenvalue weighted by Crippen LogP contribution is 2.20. The van der Waals surface area contributed by atoms with Crippen LogP contribution in [0.1, 0.15) is 37.9 Å². The molecule has 1 aliphatic rings. The first-order chi connectivity index (χ1) is 16.9. The zero-order valence-corrected chi connectivity index (χ0v) is 20.9. The quantitative estimate of drug-likeness (QED) is 0.579. The molecule has 4 rings (SSSR count). The number of aliphatic hydroxyl groups is 1. The van der Waals surface area contributed by atoms with Crippen LogP contribution in [-0.4, -0.2) is 79.7 Å². The number of rotatable bonds is 6. The number of fused-ring (bicyclic) bond motifs is 2. The maximum absolute atomic E-state index is 13.0. The second kappa shape index (κ2) is 11.7. The van der Waals surface area contributed by atoms with E-state index >= 15 is 0 Å². The number of carbonyl (C=O) groups excluding carboxylic acids is 1. The van der Waals surface area contributed by atoms with E-state index in [0.717, 1.165) is 23.1 Å². The van der Waals surface area contributed by atoms with Gasteiger partial charge in [0.25, 0.3) is 0 Å². The van der Waals surface area contributed by atoms with Crippen molar-refractivity contribution in [3.8, 4) is 0 Å². The Morgan fingerprint density at radius 1 is 1.31 bits per heavy atom. The Balaban J connectivity index is 1.51. The van der Waals surface area contributed by atoms with Gasteiger partial charge in [0.05, 0.1) is 42.8 Å². The molecule has 0 bridgehead atoms. The number of ether oxygens (including phenoxy) is 1. The van der Waals surface area contributed by atoms with E-state index in [9.17, 15) is 9.90 Å². The van der Waals surface area contributed by atoms with Crippen LogP contribution in [0.3, 0.4) is 0 Å². The first kappa shape index (κ1) is 25.2. The highest BCUT2D eigenvalue weighted by atomic mass is 16.5. The molecule has 1 aromatic carbocycles. The Kier molecular flexibility index (Phi) is 8.43. The number of hydrogen-bond acceptors (Lipinski definition) is 7. The second-order valence-electron chi connectivity index (χ2n) is 9.68. The number of aliphatic hydroxyl groups excluding tert-OH is 1. The highest BCUT2D eigenvalue weighted by molar-refractivity contribution is 5.78. The summed E-state index contributed by atoms with van der Waals surface area (Å²) < 4.78 is 8.25. The highest BCUT2D eigenvalue weighted by Gasteiger charge is 2.28. The molecule has 1 amide bonds. The number of pyridine rings is 1. The largest absolute Gasteiger partial charge is 0.394 e. The third-order valence-corrected chi connectivity index (χ3v) is 6.75. The van der Waals surface area contributed by atoms with Crippen molar-refractivity contribution in [3.63, 3.8) is 0 Å². The van der Waals surface area contributed by atoms with E-state index in [-0.39, 0.29) is 30.6 Å². The van der Waals surface area contributed by atoms with Crippen molar-refractivity contribution in [1.29, 1.82) is 0 Å². The van der Waals surface area contributed by atoms with Crippen LogP contribution in [0.25, 0.3) is 10.9 Å². The first-order valence-electron chi connectivity index (χ1n) is 12.4. The molecular weight excluding hydrogens is 444 g/mol. The normalized spacial score (nSPS) is 20.9. The van der Waals surface area contributed by atoms with Gasteiger partial charge in [-0.3, -0.25) is 14.7 Å². The van der Waals surface area contributed by atoms with E-state index in [4.69, 9.17) is 4.74 Å². The average molecular weight is 481 g/mol. The van der Waals surface area contributed by atoms with Gasteiger partial charge in [0.1, 0.15) is 0 Å². The summed E-state index contributed by atoms with van der Waals surface area (Å²) in [5.74, 6) is 0.119. The third kappa shape index (κ3) is 6.42. The summed E-state index contributed by atoms with van der Waals surface area (Å²) in [7, 11) is 2.08. The Labute approximate surface area is 206 Å². The predicted molar refractivity (Wildman–Crippen MR) is 133 cm³/mol. The summed E-state index contributed by atoms with van der Waals surface area (Å²) in [4.78, 5) is 21.5. The Morgan fingerprint density at radius 3 is 3.00 bits per heavy atom. The average Bonchev–Trinajstić information content (AvgIpc) is 3.30. The number of carbonyl (C=O) groups is 1. The lowest BCUT2D eigenvalue weighted by molar-refractivity contribution is -0.136. The zero-order chi connectivity index (χ0) is 24.8. The number of benzene rings is 1. The molecule has 0 aliphatic carbocycles. The number of nitrogens with zero attached hydrogens (tertiary/aromatic N) is 6. The number of aryl methyl sites for hydroxylation is 1. The van der Waals surface area contributed by atoms with Gasteiger partial charge < -0.3 is 14.7 Å². The van der Waals surface area contributed by atoms with Gasteiger partial charge >= 0.3 is 0 Å². The minimum absolute atomic E-state index is 0.0522. The van der Waals surface area contributed by atoms with Gasteiger partial charge in [-0.1, -0.05) is 30.3 Å². The molecule has 0 unspecified atom stereocenters. The van der Waals surface area contributed by atoms with Gasteiger partial charge in [-0.2, -0.15) is 0 Å². The molecule has 1 N–H and O–H groups in total. The van der Waals surface area contributed by atoms with Crippen molar-refractivity contribution in [2.75, 3.05) is 26.7 Å². The van der Waals surface area contributed by atoms with Gasteiger partial charge in [-0.15, -0.1) is 5.10 Å². The Hall–Kier alpha value is -2.88. The number of aromatic nitrogens is 4. The lowest BCUT2D eigenvalue weighted by Crippen LogP contribution is -2.47. The SMILES string of the molecule is C[C@@H]1CN([C@H](C)CO)C(=O)CCCn2nncc2CO[C@@H]1CN(C)Cc1ccc2cccnc2c1. The molecule has 188 valence electrons. The second-order valence-corrected chi connectivity index (χ2v) is 9.68. The maximum Gasteiger partial charge on any atom is 0.222 e. The van der Waals surface area contributed by atoms with Crippen LogP contribution in [0.2, 0.25) is 0 Å². The van der Waals surface area contributed by atoms with Crippen molar-refractivity contribution in [1.82, 2.24) is 29.8 Å². The molecular formula is C26H36N6O3. The number of hydrogen-bond donors (Lipinski definition) is 1. The van der Waals surface area contributed by atoms with E-state index in [1.165, 1.54) is 5.56 Å². The number of amides is 1. The molecule has 9 heteroatoms. The minimum atomic E-state index is -0.238. The number of likely N-dealkylation sites (N-methyl/N-ethyl adjacent to an activating group) is 1. The lowest BCUT2D eigenvalue weighted by atomic mass is 10.0. The van der Waals surface area contributed by atoms with Gasteiger partial charge in [0.2, 0.25) is 5.91 Å². The van der Waals surface area contributed by atoms with E-state index in [0.29, 0.717) is 39.1 Å². The zero-order valence-electron chi connectivity index (χ0n) is 20.9. The van der Waals surface area contributed by atoms with Crippen LogP contribution >= 0.6 is 0 Å². The van der Waals surface area contributed by atoms with Crippen LogP contribution in [0, 0.1) is 5.92 Å². The third-order valence-electron chi connectivity index (χ3n) is 6.75. The molecule has 3 heterocycles. The molecule has 0 saturated carbocycles. The molecule has 3 atom stereocenters. The fourth-order valence-corrected chi connectivity index (χ4v) is 4.64. The van der Waals surface area contributed by atoms with E-state index in [1.54, 1.807) is 11.1 Å². The van der Waals surface area contributed by atoms with Crippen molar-refractivity contribution >= 4 is 16.8 Å². The molecule has 0 radical (unpaired) electrons. The van der Waals surface area contributed by atoms with Crippen LogP contribution in [-0.2, 0) is 29.2 Å². The summed E-state index contributed by atoms with van der Waals surface area (Å²) in [6.45, 7) is 6.96. The summed E-state index contributed by atoms with van der Waals surface area (Å²) in [5.41, 5.74) is 3.09. The van der Waals surface area contributed by atoms with E-state index < -0.39 is 0 Å². The molecule has 1 aliphatic heterocycles. The summed E-state index contributed by atoms with van der Waals surface area (Å²) in [5, 5.41) is 19.1. The lowest BCUT2D eigenvalue weighted by Gasteiger charge is -2.35. The fourth-order valence-electron chi connectivity index (χ4n) is 4.64. The minimum Gasteiger partial charge on any atom is -0.394 e. The van der Waals surface area contributed by atoms with Gasteiger partial charge in [0, 0.05) is 50.1 Å². The molecule has 2 aromatic heterocycles. The van der Waals surface area contributed by atoms with E-state index in [2.05, 4.69) is 58.4 Å². The fraction of sp³-hybridized carbons (Fsp3) is 0.538. The van der Waals surface area contributed by atoms with Gasteiger partial charge in [-0.25, -0.2) is 4.68 Å². The summed E-state index contributed by atoms with van der Waals surface area (Å²) in [6, 6.07) is 10.1. The monoisotopic (exact) mass is 480 g/mol. The predicted octanol–water partition coefficient (Wildman–Crippen LogP) is 2.48. The van der Waals surface area contributed by atoms with Crippen LogP contribution in [0.5, 0.6) is 0 Å². The standard InChI is InChI=1S/C26H36N6O3/c1-19-14-31(20(2)17-33)26(34)7-5-11-32-23(13-28-29-32)18-35-25(19)16-30(3)15-21-8-9-22-6-4-10-27-24(22)12-21/h4,6,8-10,12-13,19-20,25,33H,5,7,11,14-18H2,1-3H3/t19-,20-,25-/m1/s1. The molecule has 0 spiro atoms. The van der Waals surface area contributed by atoms with Crippen molar-refractivity contribution in [2.45, 2.75) is 58.5 Å². The van der Waals surface area contributed by atoms with Crippen LogP contribution < -0.4 is 0 Å². The van der Waals surface area contributed by atoms with Gasteiger partial charge in [-0.05, 0) is 38.1 Å². The summed E-state index contributed by atoms with van der Waals surface area (Å²) in [6.07, 6.45) is 4.52. The van der Waals surface area contributed by atoms with Crippen molar-refractivity contribution < 1.29 is 14.6 Å². The topological polar surface area (TPSA) is 96.6 Å². The molecule has 0 saturated heterocycles. The van der Waals surface area contributed by atoms with Crippen molar-refractivity contribution in [3.05, 3.63) is 54.0 Å². The Bertz CT molecular complexity index is 1120. The maximum atomic E-state index is 13.0. The molecule has 0 fully saturated rings. The first-order valence-corrected chi connectivity index (χ1v) is 12.4. The molecule has 35 heavy (non-hydrogen) atoms. The van der Waals surface area contributed by atoms with Crippen LogP contribution in [0.15, 0.2) is 42.7 Å². The van der Waals surface area contributed by atoms with Crippen molar-refractivity contribution in [2.24, 2.45) is 5.92 Å². The Morgan fingerprint density at radius 2 is 2.17 bits per heavy atom. The smallest absolute Gasteiger partial charge is 0.222 e. The van der Waals surface area contributed by atoms with Gasteiger partial charge in [0.15, 0.2) is 0 Å².